The summed E-state index contributed by atoms with van der Waals surface area (Å²) in [4.78, 5) is 22.3. The van der Waals surface area contributed by atoms with Crippen LogP contribution >= 0.6 is 22.6 Å². The van der Waals surface area contributed by atoms with Gasteiger partial charge in [0.1, 0.15) is 12.6 Å². The molecule has 0 atom stereocenters. The number of carbonyl (C=O) groups excluding carboxylic acids is 2. The minimum atomic E-state index is -0.615. The van der Waals surface area contributed by atoms with Crippen LogP contribution in [0.2, 0.25) is 0 Å². The van der Waals surface area contributed by atoms with E-state index >= 15 is 0 Å². The van der Waals surface area contributed by atoms with Crippen molar-refractivity contribution >= 4 is 35.2 Å². The molecule has 0 spiro atoms. The molecular formula is C16H18INaO8. The van der Waals surface area contributed by atoms with Crippen molar-refractivity contribution in [2.24, 2.45) is 0 Å². The zero-order valence-corrected chi connectivity index (χ0v) is 18.5. The molecule has 0 fully saturated rings. The van der Waals surface area contributed by atoms with Crippen molar-refractivity contribution in [3.8, 4) is 34.5 Å². The molecule has 2 aromatic carbocycles. The molecule has 8 nitrogen and oxygen atoms in total. The zero-order chi connectivity index (χ0) is 19.6. The summed E-state index contributed by atoms with van der Waals surface area (Å²) in [5.41, 5.74) is 0.309. The Labute approximate surface area is 187 Å². The molecule has 0 aromatic heterocycles. The molecule has 0 amide bonds. The quantitative estimate of drug-likeness (QED) is 0.130. The maximum Gasteiger partial charge on any atom is 1.00 e. The smallest absolute Gasteiger partial charge is 1.00 e. The molecular weight excluding hydrogens is 470 g/mol. The predicted molar refractivity (Wildman–Crippen MR) is 99.6 cm³/mol. The van der Waals surface area contributed by atoms with Gasteiger partial charge < -0.3 is 31.7 Å². The first-order valence-electron chi connectivity index (χ1n) is 6.47. The van der Waals surface area contributed by atoms with E-state index in [-0.39, 0.29) is 59.4 Å². The van der Waals surface area contributed by atoms with Crippen molar-refractivity contribution in [2.45, 2.75) is 0 Å². The Kier molecular flexibility index (Phi) is 13.8. The summed E-state index contributed by atoms with van der Waals surface area (Å²) >= 11 is 2.15. The Morgan fingerprint density at radius 2 is 1.12 bits per heavy atom. The summed E-state index contributed by atoms with van der Waals surface area (Å²) in [6, 6.07) is 4.54. The molecule has 5 N–H and O–H groups in total. The molecule has 0 radical (unpaired) electrons. The number of hydrogen-bond acceptors (Lipinski definition) is 8. The number of aldehydes is 2. The Balaban J connectivity index is -0.000000367. The minimum Gasteiger partial charge on any atom is -1.00 e. The van der Waals surface area contributed by atoms with Gasteiger partial charge in [-0.3, -0.25) is 9.59 Å². The summed E-state index contributed by atoms with van der Waals surface area (Å²) < 4.78 is 4.66. The second kappa shape index (κ2) is 13.5. The van der Waals surface area contributed by atoms with E-state index in [1.54, 1.807) is 0 Å². The second-order valence-electron chi connectivity index (χ2n) is 4.24. The fourth-order valence-corrected chi connectivity index (χ4v) is 1.59. The van der Waals surface area contributed by atoms with E-state index in [9.17, 15) is 9.59 Å². The SMILES string of the molecule is CI.COc1c(O)cc(C=O)cc1O.O=Cc1cc(O)c(O)c(O)c1.[H-].[Na+]. The first kappa shape index (κ1) is 26.5. The van der Waals surface area contributed by atoms with Crippen molar-refractivity contribution < 1.29 is 70.8 Å². The van der Waals surface area contributed by atoms with Gasteiger partial charge in [-0.1, -0.05) is 22.6 Å². The summed E-state index contributed by atoms with van der Waals surface area (Å²) in [5, 5.41) is 44.8. The molecule has 0 bridgehead atoms. The third kappa shape index (κ3) is 7.68. The van der Waals surface area contributed by atoms with Crippen molar-refractivity contribution in [2.75, 3.05) is 12.0 Å². The second-order valence-corrected chi connectivity index (χ2v) is 4.24. The van der Waals surface area contributed by atoms with Crippen LogP contribution in [0.25, 0.3) is 0 Å². The Hall–Kier alpha value is -1.69. The van der Waals surface area contributed by atoms with E-state index in [1.807, 2.05) is 4.93 Å². The number of aromatic hydroxyl groups is 5. The van der Waals surface area contributed by atoms with Gasteiger partial charge in [0.15, 0.2) is 28.7 Å². The van der Waals surface area contributed by atoms with Gasteiger partial charge in [0, 0.05) is 11.1 Å². The number of benzene rings is 2. The number of ether oxygens (including phenoxy) is 1. The Morgan fingerprint density at radius 1 is 0.808 bits per heavy atom. The zero-order valence-electron chi connectivity index (χ0n) is 15.3. The van der Waals surface area contributed by atoms with Crippen LogP contribution in [-0.2, 0) is 0 Å². The standard InChI is InChI=1S/C8H8O4.C7H6O4.CH3I.Na.H/c1-12-8-6(10)2-5(4-9)3-7(8)11;8-3-4-1-5(9)7(11)6(10)2-4;1-2;;/h2-4,10-11H,1H3;1-3,9-11H;1H3;;/q;;;+1;-1. The van der Waals surface area contributed by atoms with Gasteiger partial charge in [0.2, 0.25) is 5.75 Å². The van der Waals surface area contributed by atoms with Crippen LogP contribution in [0.15, 0.2) is 24.3 Å². The van der Waals surface area contributed by atoms with E-state index in [1.165, 1.54) is 19.2 Å². The first-order valence-corrected chi connectivity index (χ1v) is 8.62. The van der Waals surface area contributed by atoms with Gasteiger partial charge >= 0.3 is 29.6 Å². The van der Waals surface area contributed by atoms with Crippen LogP contribution in [0.1, 0.15) is 22.1 Å². The topological polar surface area (TPSA) is 145 Å². The molecule has 2 rings (SSSR count). The van der Waals surface area contributed by atoms with Gasteiger partial charge in [0.25, 0.3) is 0 Å². The van der Waals surface area contributed by atoms with Gasteiger partial charge in [-0.2, -0.15) is 0 Å². The third-order valence-electron chi connectivity index (χ3n) is 2.64. The van der Waals surface area contributed by atoms with Crippen LogP contribution in [0.4, 0.5) is 0 Å². The van der Waals surface area contributed by atoms with Crippen LogP contribution in [0.3, 0.4) is 0 Å². The van der Waals surface area contributed by atoms with E-state index in [4.69, 9.17) is 25.5 Å². The fraction of sp³-hybridized carbons (Fsp3) is 0.125. The molecule has 0 unspecified atom stereocenters. The molecule has 138 valence electrons. The molecule has 0 aliphatic rings. The van der Waals surface area contributed by atoms with Gasteiger partial charge in [-0.05, 0) is 29.2 Å². The van der Waals surface area contributed by atoms with E-state index in [0.29, 0.717) is 12.6 Å². The van der Waals surface area contributed by atoms with Crippen molar-refractivity contribution in [1.29, 1.82) is 0 Å². The number of phenolic OH excluding ortho intramolecular Hbond substituents is 5. The van der Waals surface area contributed by atoms with E-state index in [2.05, 4.69) is 27.3 Å². The molecule has 0 aliphatic carbocycles. The monoisotopic (exact) mass is 488 g/mol. The number of rotatable bonds is 3. The van der Waals surface area contributed by atoms with Crippen LogP contribution in [0.5, 0.6) is 34.5 Å². The average molecular weight is 488 g/mol. The molecule has 2 aromatic rings. The summed E-state index contributed by atoms with van der Waals surface area (Å²) in [6.07, 6.45) is 0.984. The molecule has 0 aliphatic heterocycles. The minimum absolute atomic E-state index is 0. The largest absolute Gasteiger partial charge is 1.00 e. The van der Waals surface area contributed by atoms with Gasteiger partial charge in [0.05, 0.1) is 7.11 Å². The number of halogens is 1. The molecule has 26 heavy (non-hydrogen) atoms. The maximum atomic E-state index is 10.2. The number of phenols is 5. The summed E-state index contributed by atoms with van der Waals surface area (Å²) in [6.45, 7) is 0. The van der Waals surface area contributed by atoms with Crippen molar-refractivity contribution in [3.05, 3.63) is 35.4 Å². The molecule has 10 heteroatoms. The third-order valence-corrected chi connectivity index (χ3v) is 2.64. The van der Waals surface area contributed by atoms with Gasteiger partial charge in [-0.25, -0.2) is 0 Å². The Morgan fingerprint density at radius 3 is 1.38 bits per heavy atom. The van der Waals surface area contributed by atoms with Crippen LogP contribution in [0, 0.1) is 0 Å². The molecule has 0 saturated carbocycles. The predicted octanol–water partition coefficient (Wildman–Crippen LogP) is -0.298. The average Bonchev–Trinajstić information content (AvgIpc) is 2.61. The summed E-state index contributed by atoms with van der Waals surface area (Å²) in [7, 11) is 1.31. The van der Waals surface area contributed by atoms with Crippen molar-refractivity contribution in [3.63, 3.8) is 0 Å². The number of hydrogen-bond donors (Lipinski definition) is 5. The fourth-order valence-electron chi connectivity index (χ4n) is 1.59. The van der Waals surface area contributed by atoms with E-state index < -0.39 is 17.2 Å². The Bertz CT molecular complexity index is 696. The molecule has 0 heterocycles. The van der Waals surface area contributed by atoms with E-state index in [0.717, 1.165) is 12.1 Å². The normalized spacial score (nSPS) is 8.58. The van der Waals surface area contributed by atoms with Crippen LogP contribution in [-0.4, -0.2) is 50.1 Å². The summed E-state index contributed by atoms with van der Waals surface area (Å²) in [5.74, 6) is -2.16. The van der Waals surface area contributed by atoms with Gasteiger partial charge in [-0.15, -0.1) is 0 Å². The maximum absolute atomic E-state index is 10.2. The number of carbonyl (C=O) groups is 2. The number of alkyl halides is 1. The van der Waals surface area contributed by atoms with Crippen LogP contribution < -0.4 is 34.3 Å². The number of methoxy groups -OCH3 is 1. The van der Waals surface area contributed by atoms with Crippen molar-refractivity contribution in [1.82, 2.24) is 0 Å². The molecule has 0 saturated heterocycles. The first-order chi connectivity index (χ1) is 11.8.